The summed E-state index contributed by atoms with van der Waals surface area (Å²) < 4.78 is 26.7. The van der Waals surface area contributed by atoms with Crippen LogP contribution in [-0.2, 0) is 10.0 Å². The van der Waals surface area contributed by atoms with Crippen LogP contribution in [0, 0.1) is 21.4 Å². The molecule has 0 saturated heterocycles. The van der Waals surface area contributed by atoms with E-state index in [1.807, 2.05) is 6.07 Å². The van der Waals surface area contributed by atoms with Crippen LogP contribution >= 0.6 is 0 Å². The lowest BCUT2D eigenvalue weighted by atomic mass is 10.2. The zero-order chi connectivity index (χ0) is 15.9. The van der Waals surface area contributed by atoms with Crippen LogP contribution < -0.4 is 9.88 Å². The van der Waals surface area contributed by atoms with Crippen molar-refractivity contribution < 1.29 is 18.1 Å². The Morgan fingerprint density at radius 3 is 2.62 bits per heavy atom. The molecule has 0 aliphatic rings. The summed E-state index contributed by atoms with van der Waals surface area (Å²) >= 11 is 0. The molecule has 0 aliphatic carbocycles. The molecule has 21 heavy (non-hydrogen) atoms. The zero-order valence-corrected chi connectivity index (χ0v) is 12.0. The Bertz CT molecular complexity index is 651. The molecule has 1 aromatic carbocycles. The minimum absolute atomic E-state index is 0.0884. The number of nitriles is 1. The number of nitrogens with two attached hydrogens (primary N) is 1. The van der Waals surface area contributed by atoms with Gasteiger partial charge in [0, 0.05) is 6.07 Å². The van der Waals surface area contributed by atoms with Gasteiger partial charge in [0.2, 0.25) is 10.0 Å². The first kappa shape index (κ1) is 16.9. The maximum absolute atomic E-state index is 10.9. The lowest BCUT2D eigenvalue weighted by Crippen LogP contribution is -2.16. The number of rotatable bonds is 8. The molecule has 0 heterocycles. The highest BCUT2D eigenvalue weighted by Gasteiger charge is 2.15. The van der Waals surface area contributed by atoms with E-state index in [1.165, 1.54) is 12.1 Å². The Kier molecular flexibility index (Phi) is 6.08. The molecule has 8 nitrogen and oxygen atoms in total. The molecule has 0 fully saturated rings. The van der Waals surface area contributed by atoms with Crippen molar-refractivity contribution in [3.05, 3.63) is 33.9 Å². The molecule has 0 aromatic heterocycles. The second-order valence-corrected chi connectivity index (χ2v) is 6.06. The Hall–Kier alpha value is -2.18. The SMILES string of the molecule is N#Cc1ccc(OCCCCCS(N)(=O)=O)c([N+](=O)[O-])c1. The third-order valence-corrected chi connectivity index (χ3v) is 3.47. The number of ether oxygens (including phenoxy) is 1. The smallest absolute Gasteiger partial charge is 0.312 e. The summed E-state index contributed by atoms with van der Waals surface area (Å²) in [5.74, 6) is -0.00486. The van der Waals surface area contributed by atoms with Crippen molar-refractivity contribution in [3.8, 4) is 11.8 Å². The summed E-state index contributed by atoms with van der Waals surface area (Å²) in [6.07, 6.45) is 1.55. The highest BCUT2D eigenvalue weighted by molar-refractivity contribution is 7.89. The fourth-order valence-corrected chi connectivity index (χ4v) is 2.22. The van der Waals surface area contributed by atoms with E-state index in [0.717, 1.165) is 6.07 Å². The summed E-state index contributed by atoms with van der Waals surface area (Å²) in [6.45, 7) is 0.220. The molecular weight excluding hydrogens is 298 g/mol. The fourth-order valence-electron chi connectivity index (χ4n) is 1.62. The largest absolute Gasteiger partial charge is 0.487 e. The van der Waals surface area contributed by atoms with Crippen molar-refractivity contribution in [1.29, 1.82) is 5.26 Å². The monoisotopic (exact) mass is 313 g/mol. The first-order valence-corrected chi connectivity index (χ1v) is 7.87. The number of hydrogen-bond acceptors (Lipinski definition) is 6. The highest BCUT2D eigenvalue weighted by Crippen LogP contribution is 2.27. The fraction of sp³-hybridized carbons (Fsp3) is 0.417. The van der Waals surface area contributed by atoms with Gasteiger partial charge in [-0.2, -0.15) is 5.26 Å². The quantitative estimate of drug-likeness (QED) is 0.436. The van der Waals surface area contributed by atoms with Crippen LogP contribution in [0.25, 0.3) is 0 Å². The Morgan fingerprint density at radius 1 is 1.33 bits per heavy atom. The number of unbranched alkanes of at least 4 members (excludes halogenated alkanes) is 2. The Balaban J connectivity index is 2.49. The average molecular weight is 313 g/mol. The number of hydrogen-bond donors (Lipinski definition) is 1. The van der Waals surface area contributed by atoms with Gasteiger partial charge in [-0.3, -0.25) is 10.1 Å². The molecular formula is C12H15N3O5S. The van der Waals surface area contributed by atoms with Gasteiger partial charge in [0.1, 0.15) is 0 Å². The van der Waals surface area contributed by atoms with Gasteiger partial charge in [-0.05, 0) is 31.4 Å². The average Bonchev–Trinajstić information content (AvgIpc) is 2.41. The molecule has 0 radical (unpaired) electrons. The van der Waals surface area contributed by atoms with Gasteiger partial charge in [-0.15, -0.1) is 0 Å². The maximum Gasteiger partial charge on any atom is 0.312 e. The van der Waals surface area contributed by atoms with E-state index in [-0.39, 0.29) is 29.4 Å². The van der Waals surface area contributed by atoms with Gasteiger partial charge in [0.15, 0.2) is 5.75 Å². The topological polar surface area (TPSA) is 136 Å². The van der Waals surface area contributed by atoms with Crippen LogP contribution in [0.5, 0.6) is 5.75 Å². The van der Waals surface area contributed by atoms with Gasteiger partial charge in [-0.25, -0.2) is 13.6 Å². The maximum atomic E-state index is 10.9. The minimum atomic E-state index is -3.45. The lowest BCUT2D eigenvalue weighted by Gasteiger charge is -2.06. The van der Waals surface area contributed by atoms with E-state index in [0.29, 0.717) is 19.3 Å². The van der Waals surface area contributed by atoms with E-state index >= 15 is 0 Å². The van der Waals surface area contributed by atoms with Crippen molar-refractivity contribution in [3.63, 3.8) is 0 Å². The van der Waals surface area contributed by atoms with E-state index < -0.39 is 14.9 Å². The number of primary sulfonamides is 1. The Labute approximate surface area is 122 Å². The van der Waals surface area contributed by atoms with Gasteiger partial charge in [-0.1, -0.05) is 0 Å². The second-order valence-electron chi connectivity index (χ2n) is 4.33. The van der Waals surface area contributed by atoms with E-state index in [2.05, 4.69) is 0 Å². The standard InChI is InChI=1S/C12H15N3O5S/c13-9-10-4-5-12(11(8-10)15(16)17)20-6-2-1-3-7-21(14,18)19/h4-5,8H,1-3,6-7H2,(H2,14,18,19). The third kappa shape index (κ3) is 6.20. The number of sulfonamides is 1. The summed E-state index contributed by atoms with van der Waals surface area (Å²) in [5.41, 5.74) is -0.0826. The molecule has 9 heteroatoms. The minimum Gasteiger partial charge on any atom is -0.487 e. The summed E-state index contributed by atoms with van der Waals surface area (Å²) in [6, 6.07) is 5.78. The van der Waals surface area contributed by atoms with Gasteiger partial charge < -0.3 is 4.74 Å². The molecule has 0 atom stereocenters. The highest BCUT2D eigenvalue weighted by atomic mass is 32.2. The van der Waals surface area contributed by atoms with Crippen molar-refractivity contribution in [2.24, 2.45) is 5.14 Å². The lowest BCUT2D eigenvalue weighted by molar-refractivity contribution is -0.385. The molecule has 1 aromatic rings. The third-order valence-electron chi connectivity index (χ3n) is 2.62. The normalized spacial score (nSPS) is 10.9. The van der Waals surface area contributed by atoms with Crippen LogP contribution in [0.3, 0.4) is 0 Å². The molecule has 0 unspecified atom stereocenters. The van der Waals surface area contributed by atoms with E-state index in [4.69, 9.17) is 15.1 Å². The van der Waals surface area contributed by atoms with Gasteiger partial charge in [0.05, 0.1) is 28.9 Å². The predicted octanol–water partition coefficient (Wildman–Crippen LogP) is 1.30. The van der Waals surface area contributed by atoms with E-state index in [9.17, 15) is 18.5 Å². The van der Waals surface area contributed by atoms with Crippen LogP contribution in [0.4, 0.5) is 5.69 Å². The van der Waals surface area contributed by atoms with Crippen LogP contribution in [-0.4, -0.2) is 25.7 Å². The van der Waals surface area contributed by atoms with Gasteiger partial charge >= 0.3 is 5.69 Å². The zero-order valence-electron chi connectivity index (χ0n) is 11.2. The van der Waals surface area contributed by atoms with Crippen molar-refractivity contribution in [2.75, 3.05) is 12.4 Å². The van der Waals surface area contributed by atoms with Crippen molar-refractivity contribution >= 4 is 15.7 Å². The van der Waals surface area contributed by atoms with Gasteiger partial charge in [0.25, 0.3) is 0 Å². The number of nitro benzene ring substituents is 1. The molecule has 0 saturated carbocycles. The second kappa shape index (κ2) is 7.56. The number of nitro groups is 1. The molecule has 2 N–H and O–H groups in total. The van der Waals surface area contributed by atoms with Crippen molar-refractivity contribution in [2.45, 2.75) is 19.3 Å². The van der Waals surface area contributed by atoms with Crippen LogP contribution in [0.2, 0.25) is 0 Å². The predicted molar refractivity (Wildman–Crippen MR) is 75.1 cm³/mol. The van der Waals surface area contributed by atoms with Crippen molar-refractivity contribution in [1.82, 2.24) is 0 Å². The Morgan fingerprint density at radius 2 is 2.05 bits per heavy atom. The molecule has 114 valence electrons. The molecule has 1 rings (SSSR count). The molecule has 0 amide bonds. The number of benzene rings is 1. The number of nitrogens with zero attached hydrogens (tertiary/aromatic N) is 2. The first-order valence-electron chi connectivity index (χ1n) is 6.15. The van der Waals surface area contributed by atoms with E-state index in [1.54, 1.807) is 0 Å². The molecule has 0 bridgehead atoms. The van der Waals surface area contributed by atoms with Crippen LogP contribution in [0.1, 0.15) is 24.8 Å². The summed E-state index contributed by atoms with van der Waals surface area (Å²) in [7, 11) is -3.45. The first-order chi connectivity index (χ1) is 9.83. The summed E-state index contributed by atoms with van der Waals surface area (Å²) in [4.78, 5) is 10.3. The van der Waals surface area contributed by atoms with Crippen LogP contribution in [0.15, 0.2) is 18.2 Å². The summed E-state index contributed by atoms with van der Waals surface area (Å²) in [5, 5.41) is 24.4. The molecule has 0 spiro atoms. The molecule has 0 aliphatic heterocycles.